The van der Waals surface area contributed by atoms with Gasteiger partial charge in [-0.05, 0) is 70.6 Å². The van der Waals surface area contributed by atoms with Crippen LogP contribution in [0, 0.1) is 0 Å². The second-order valence-corrected chi connectivity index (χ2v) is 18.2. The van der Waals surface area contributed by atoms with Gasteiger partial charge in [-0.25, -0.2) is 0 Å². The molecule has 0 amide bonds. The van der Waals surface area contributed by atoms with Crippen LogP contribution in [0.25, 0.3) is 0 Å². The molecule has 0 aromatic heterocycles. The van der Waals surface area contributed by atoms with E-state index < -0.39 is 13.9 Å². The second kappa shape index (κ2) is 41.2. The third-order valence-corrected chi connectivity index (χ3v) is 10.8. The summed E-state index contributed by atoms with van der Waals surface area (Å²) in [5.74, 6) is -0.350. The third-order valence-electron chi connectivity index (χ3n) is 9.83. The van der Waals surface area contributed by atoms with E-state index in [2.05, 4.69) is 62.5 Å². The molecule has 57 heavy (non-hydrogen) atoms. The fourth-order valence-corrected chi connectivity index (χ4v) is 6.93. The lowest BCUT2D eigenvalue weighted by atomic mass is 10.1. The molecule has 0 saturated heterocycles. The van der Waals surface area contributed by atoms with E-state index in [0.29, 0.717) is 24.1 Å². The van der Waals surface area contributed by atoms with Crippen LogP contribution >= 0.6 is 7.82 Å². The molecule has 0 N–H and O–H groups in total. The van der Waals surface area contributed by atoms with Gasteiger partial charge in [-0.15, -0.1) is 0 Å². The van der Waals surface area contributed by atoms with E-state index in [1.807, 2.05) is 21.1 Å². The number of nitrogens with zero attached hydrogens (tertiary/aromatic N) is 1. The maximum Gasteiger partial charge on any atom is 0.306 e. The third kappa shape index (κ3) is 45.4. The normalized spacial score (nSPS) is 14.1. The molecule has 0 heterocycles. The van der Waals surface area contributed by atoms with Gasteiger partial charge >= 0.3 is 5.97 Å². The molecule has 0 aliphatic carbocycles. The number of ether oxygens (including phenoxy) is 2. The quantitative estimate of drug-likeness (QED) is 0.0199. The largest absolute Gasteiger partial charge is 0.756 e. The Morgan fingerprint density at radius 3 is 1.49 bits per heavy atom. The molecule has 2 atom stereocenters. The minimum absolute atomic E-state index is 0.0214. The number of carbonyl (C=O) groups is 1. The van der Waals surface area contributed by atoms with Gasteiger partial charge in [0.1, 0.15) is 19.3 Å². The minimum atomic E-state index is -4.53. The van der Waals surface area contributed by atoms with E-state index in [4.69, 9.17) is 18.5 Å². The van der Waals surface area contributed by atoms with Crippen LogP contribution in [0.4, 0.5) is 0 Å². The average molecular weight is 824 g/mol. The maximum absolute atomic E-state index is 12.7. The van der Waals surface area contributed by atoms with Crippen LogP contribution in [0.3, 0.4) is 0 Å². The van der Waals surface area contributed by atoms with Gasteiger partial charge in [0.05, 0.1) is 34.4 Å². The van der Waals surface area contributed by atoms with Crippen LogP contribution in [-0.2, 0) is 27.9 Å². The number of unbranched alkanes of at least 4 members (excludes halogenated alkanes) is 21. The Bertz CT molecular complexity index is 1050. The molecule has 8 nitrogen and oxygen atoms in total. The van der Waals surface area contributed by atoms with Crippen molar-refractivity contribution < 1.29 is 37.3 Å². The Balaban J connectivity index is 4.16. The fourth-order valence-electron chi connectivity index (χ4n) is 6.20. The van der Waals surface area contributed by atoms with Crippen LogP contribution < -0.4 is 4.89 Å². The summed E-state index contributed by atoms with van der Waals surface area (Å²) in [5.41, 5.74) is 0. The summed E-state index contributed by atoms with van der Waals surface area (Å²) >= 11 is 0. The highest BCUT2D eigenvalue weighted by Gasteiger charge is 2.20. The molecule has 2 unspecified atom stereocenters. The Morgan fingerprint density at radius 1 is 0.544 bits per heavy atom. The first kappa shape index (κ1) is 55.5. The Labute approximate surface area is 352 Å². The van der Waals surface area contributed by atoms with Crippen LogP contribution in [0.1, 0.15) is 194 Å². The predicted octanol–water partition coefficient (Wildman–Crippen LogP) is 13.3. The zero-order valence-corrected chi connectivity index (χ0v) is 38.7. The summed E-state index contributed by atoms with van der Waals surface area (Å²) in [5, 5.41) is 0. The minimum Gasteiger partial charge on any atom is -0.756 e. The highest BCUT2D eigenvalue weighted by Crippen LogP contribution is 2.38. The summed E-state index contributed by atoms with van der Waals surface area (Å²) < 4.78 is 34.6. The van der Waals surface area contributed by atoms with E-state index in [-0.39, 0.29) is 25.8 Å². The first-order valence-corrected chi connectivity index (χ1v) is 24.8. The number of allylic oxidation sites excluding steroid dienone is 8. The van der Waals surface area contributed by atoms with Crippen molar-refractivity contribution in [1.82, 2.24) is 0 Å². The number of rotatable bonds is 43. The smallest absolute Gasteiger partial charge is 0.306 e. The number of likely N-dealkylation sites (N-methyl/N-ethyl adjacent to an activating group) is 1. The second-order valence-electron chi connectivity index (χ2n) is 16.8. The van der Waals surface area contributed by atoms with Crippen LogP contribution in [0.15, 0.2) is 48.6 Å². The number of phosphoric ester groups is 1. The monoisotopic (exact) mass is 824 g/mol. The summed E-state index contributed by atoms with van der Waals surface area (Å²) in [4.78, 5) is 25.0. The van der Waals surface area contributed by atoms with Gasteiger partial charge < -0.3 is 27.9 Å². The van der Waals surface area contributed by atoms with Gasteiger partial charge in [0.25, 0.3) is 7.82 Å². The predicted molar refractivity (Wildman–Crippen MR) is 240 cm³/mol. The highest BCUT2D eigenvalue weighted by atomic mass is 31.2. The van der Waals surface area contributed by atoms with Crippen molar-refractivity contribution in [2.75, 3.05) is 54.1 Å². The van der Waals surface area contributed by atoms with Gasteiger partial charge in [-0.1, -0.05) is 165 Å². The van der Waals surface area contributed by atoms with Crippen LogP contribution in [0.5, 0.6) is 0 Å². The van der Waals surface area contributed by atoms with Crippen molar-refractivity contribution in [2.24, 2.45) is 0 Å². The zero-order valence-electron chi connectivity index (χ0n) is 37.8. The van der Waals surface area contributed by atoms with E-state index in [1.165, 1.54) is 103 Å². The number of hydrogen-bond donors (Lipinski definition) is 0. The molecular weight excluding hydrogens is 734 g/mol. The molecule has 0 radical (unpaired) electrons. The SMILES string of the molecule is CCC/C=C\C/C=C\CCCCCCCC(=O)OC(COCCCCCCCCCCCC/C=C\C/C=C\CCCCCCC)COP(=O)([O-])OCC[N+](C)(C)C. The van der Waals surface area contributed by atoms with Crippen molar-refractivity contribution in [3.05, 3.63) is 48.6 Å². The van der Waals surface area contributed by atoms with E-state index >= 15 is 0 Å². The summed E-state index contributed by atoms with van der Waals surface area (Å²) in [6.07, 6.45) is 49.8. The molecule has 0 aromatic rings. The molecule has 334 valence electrons. The van der Waals surface area contributed by atoms with Crippen molar-refractivity contribution in [2.45, 2.75) is 200 Å². The van der Waals surface area contributed by atoms with Crippen molar-refractivity contribution in [1.29, 1.82) is 0 Å². The van der Waals surface area contributed by atoms with E-state index in [0.717, 1.165) is 70.6 Å². The number of esters is 1. The number of carbonyl (C=O) groups excluding carboxylic acids is 1. The zero-order chi connectivity index (χ0) is 42.0. The molecule has 0 fully saturated rings. The standard InChI is InChI=1S/C48H90NO7P/c1-6-8-10-12-14-16-18-20-21-22-23-24-25-26-27-28-30-32-34-36-38-40-43-53-45-47(46-55-57(51,52)54-44-42-49(3,4)5)56-48(50)41-39-37-35-33-31-29-19-17-15-13-11-9-7-2/h11,13,17-20,22-23,47H,6-10,12,14-16,21,24-46H2,1-5H3/b13-11-,19-17-,20-18-,23-22-. The lowest BCUT2D eigenvalue weighted by Gasteiger charge is -2.28. The van der Waals surface area contributed by atoms with E-state index in [9.17, 15) is 14.3 Å². The Morgan fingerprint density at radius 2 is 1.00 bits per heavy atom. The molecule has 0 aliphatic rings. The Kier molecular flexibility index (Phi) is 40.1. The van der Waals surface area contributed by atoms with Crippen molar-refractivity contribution >= 4 is 13.8 Å². The Hall–Kier alpha value is -1.54. The van der Waals surface area contributed by atoms with Gasteiger partial charge in [-0.2, -0.15) is 0 Å². The van der Waals surface area contributed by atoms with E-state index in [1.54, 1.807) is 0 Å². The van der Waals surface area contributed by atoms with Crippen LogP contribution in [0.2, 0.25) is 0 Å². The van der Waals surface area contributed by atoms with Gasteiger partial charge in [0.2, 0.25) is 0 Å². The summed E-state index contributed by atoms with van der Waals surface area (Å²) in [6, 6.07) is 0. The fraction of sp³-hybridized carbons (Fsp3) is 0.812. The molecule has 0 aromatic carbocycles. The summed E-state index contributed by atoms with van der Waals surface area (Å²) in [6.45, 7) is 5.31. The molecule has 0 spiro atoms. The lowest BCUT2D eigenvalue weighted by Crippen LogP contribution is -2.37. The lowest BCUT2D eigenvalue weighted by molar-refractivity contribution is -0.870. The highest BCUT2D eigenvalue weighted by molar-refractivity contribution is 7.45. The van der Waals surface area contributed by atoms with Gasteiger partial charge in [0, 0.05) is 13.0 Å². The van der Waals surface area contributed by atoms with Crippen LogP contribution in [-0.4, -0.2) is 70.7 Å². The number of quaternary nitrogens is 1. The topological polar surface area (TPSA) is 94.1 Å². The van der Waals surface area contributed by atoms with Gasteiger partial charge in [0.15, 0.2) is 0 Å². The first-order chi connectivity index (χ1) is 27.6. The number of phosphoric acid groups is 1. The van der Waals surface area contributed by atoms with Crippen molar-refractivity contribution in [3.63, 3.8) is 0 Å². The average Bonchev–Trinajstić information content (AvgIpc) is 3.16. The first-order valence-electron chi connectivity index (χ1n) is 23.4. The molecular formula is C48H90NO7P. The molecule has 0 rings (SSSR count). The van der Waals surface area contributed by atoms with Crippen molar-refractivity contribution in [3.8, 4) is 0 Å². The number of hydrogen-bond acceptors (Lipinski definition) is 7. The molecule has 0 bridgehead atoms. The van der Waals surface area contributed by atoms with Gasteiger partial charge in [-0.3, -0.25) is 9.36 Å². The molecule has 0 aliphatic heterocycles. The molecule has 0 saturated carbocycles. The summed E-state index contributed by atoms with van der Waals surface area (Å²) in [7, 11) is 1.34. The maximum atomic E-state index is 12.7. The molecule has 9 heteroatoms.